The van der Waals surface area contributed by atoms with Crippen LogP contribution in [-0.4, -0.2) is 26.8 Å². The lowest BCUT2D eigenvalue weighted by Crippen LogP contribution is -1.96. The van der Waals surface area contributed by atoms with Crippen LogP contribution in [0.5, 0.6) is 0 Å². The molecule has 0 fully saturated rings. The van der Waals surface area contributed by atoms with Gasteiger partial charge in [0.2, 0.25) is 5.28 Å². The first-order valence-electron chi connectivity index (χ1n) is 4.87. The zero-order valence-electron chi connectivity index (χ0n) is 8.45. The average Bonchev–Trinajstić information content (AvgIpc) is 2.58. The zero-order chi connectivity index (χ0) is 10.2. The average molecular weight is 234 g/mol. The highest BCUT2D eigenvalue weighted by Gasteiger charge is 1.98. The second-order valence-corrected chi connectivity index (χ2v) is 4.52. The third-order valence-electron chi connectivity index (χ3n) is 2.07. The Morgan fingerprint density at radius 2 is 2.14 bits per heavy atom. The molecule has 5 heteroatoms. The molecule has 3 nitrogen and oxygen atoms in total. The normalized spacial score (nSPS) is 10.7. The number of halogens is 1. The van der Waals surface area contributed by atoms with Gasteiger partial charge in [-0.05, 0) is 36.5 Å². The van der Waals surface area contributed by atoms with Gasteiger partial charge < -0.3 is 4.57 Å². The lowest BCUT2D eigenvalue weighted by molar-refractivity contribution is 0.583. The third-order valence-corrected chi connectivity index (χ3v) is 3.06. The van der Waals surface area contributed by atoms with E-state index in [2.05, 4.69) is 16.5 Å². The van der Waals surface area contributed by atoms with E-state index >= 15 is 0 Å². The molecule has 0 unspecified atom stereocenters. The standard InChI is InChI=1S/C9H16ClN3S/c1-14-7-5-3-2-4-6-13-8-11-12-9(13)10/h8H,2-7H2,1H3. The monoisotopic (exact) mass is 233 g/mol. The summed E-state index contributed by atoms with van der Waals surface area (Å²) >= 11 is 7.70. The molecule has 0 N–H and O–H groups in total. The topological polar surface area (TPSA) is 30.7 Å². The van der Waals surface area contributed by atoms with Crippen LogP contribution in [0.1, 0.15) is 25.7 Å². The van der Waals surface area contributed by atoms with Gasteiger partial charge in [0.05, 0.1) is 0 Å². The summed E-state index contributed by atoms with van der Waals surface area (Å²) in [4.78, 5) is 0. The fourth-order valence-corrected chi connectivity index (χ4v) is 1.94. The lowest BCUT2D eigenvalue weighted by atomic mass is 10.2. The first kappa shape index (κ1) is 11.9. The fraction of sp³-hybridized carbons (Fsp3) is 0.778. The van der Waals surface area contributed by atoms with Crippen molar-refractivity contribution in [3.63, 3.8) is 0 Å². The minimum atomic E-state index is 0.495. The van der Waals surface area contributed by atoms with Crippen molar-refractivity contribution >= 4 is 23.4 Å². The summed E-state index contributed by atoms with van der Waals surface area (Å²) in [6, 6.07) is 0. The summed E-state index contributed by atoms with van der Waals surface area (Å²) in [5, 5.41) is 7.94. The SMILES string of the molecule is CSCCCCCCn1cnnc1Cl. The first-order chi connectivity index (χ1) is 6.84. The van der Waals surface area contributed by atoms with E-state index in [9.17, 15) is 0 Å². The van der Waals surface area contributed by atoms with Gasteiger partial charge in [0, 0.05) is 6.54 Å². The van der Waals surface area contributed by atoms with Gasteiger partial charge in [0.1, 0.15) is 6.33 Å². The molecule has 1 rings (SSSR count). The summed E-state index contributed by atoms with van der Waals surface area (Å²) in [6.45, 7) is 0.936. The smallest absolute Gasteiger partial charge is 0.224 e. The Morgan fingerprint density at radius 3 is 2.79 bits per heavy atom. The molecule has 0 saturated carbocycles. The molecule has 0 aliphatic heterocycles. The molecule has 1 aromatic rings. The molecule has 0 atom stereocenters. The highest BCUT2D eigenvalue weighted by atomic mass is 35.5. The molecule has 0 spiro atoms. The van der Waals surface area contributed by atoms with Crippen LogP contribution < -0.4 is 0 Å². The molecule has 0 amide bonds. The van der Waals surface area contributed by atoms with Gasteiger partial charge in [0.25, 0.3) is 0 Å². The van der Waals surface area contributed by atoms with Gasteiger partial charge >= 0.3 is 0 Å². The molecule has 0 bridgehead atoms. The molecule has 1 aromatic heterocycles. The van der Waals surface area contributed by atoms with Gasteiger partial charge in [-0.2, -0.15) is 11.8 Å². The van der Waals surface area contributed by atoms with Crippen LogP contribution >= 0.6 is 23.4 Å². The van der Waals surface area contributed by atoms with E-state index in [4.69, 9.17) is 11.6 Å². The van der Waals surface area contributed by atoms with Crippen molar-refractivity contribution in [3.05, 3.63) is 11.6 Å². The van der Waals surface area contributed by atoms with Crippen LogP contribution in [0, 0.1) is 0 Å². The van der Waals surface area contributed by atoms with Crippen LogP contribution in [0.4, 0.5) is 0 Å². The van der Waals surface area contributed by atoms with Crippen molar-refractivity contribution in [3.8, 4) is 0 Å². The number of hydrogen-bond acceptors (Lipinski definition) is 3. The zero-order valence-corrected chi connectivity index (χ0v) is 10.0. The number of thioether (sulfide) groups is 1. The molecule has 0 saturated heterocycles. The van der Waals surface area contributed by atoms with E-state index < -0.39 is 0 Å². The van der Waals surface area contributed by atoms with Crippen molar-refractivity contribution < 1.29 is 0 Å². The predicted molar refractivity (Wildman–Crippen MR) is 61.9 cm³/mol. The molecular weight excluding hydrogens is 218 g/mol. The Morgan fingerprint density at radius 1 is 1.36 bits per heavy atom. The van der Waals surface area contributed by atoms with E-state index in [1.807, 2.05) is 16.3 Å². The van der Waals surface area contributed by atoms with E-state index in [0.29, 0.717) is 5.28 Å². The molecule has 0 aromatic carbocycles. The van der Waals surface area contributed by atoms with E-state index in [-0.39, 0.29) is 0 Å². The number of nitrogens with zero attached hydrogens (tertiary/aromatic N) is 3. The van der Waals surface area contributed by atoms with Crippen LogP contribution in [0.3, 0.4) is 0 Å². The predicted octanol–water partition coefficient (Wildman–Crippen LogP) is 2.85. The molecule has 14 heavy (non-hydrogen) atoms. The summed E-state index contributed by atoms with van der Waals surface area (Å²) in [7, 11) is 0. The van der Waals surface area contributed by atoms with Crippen LogP contribution in [0.15, 0.2) is 6.33 Å². The van der Waals surface area contributed by atoms with Crippen molar-refractivity contribution in [2.75, 3.05) is 12.0 Å². The Hall–Kier alpha value is -0.220. The molecule has 0 radical (unpaired) electrons. The van der Waals surface area contributed by atoms with E-state index in [1.54, 1.807) is 6.33 Å². The van der Waals surface area contributed by atoms with Crippen molar-refractivity contribution in [1.82, 2.24) is 14.8 Å². The van der Waals surface area contributed by atoms with E-state index in [1.165, 1.54) is 25.0 Å². The Labute approximate surface area is 94.2 Å². The highest BCUT2D eigenvalue weighted by Crippen LogP contribution is 2.08. The fourth-order valence-electron chi connectivity index (χ4n) is 1.27. The Balaban J connectivity index is 2.02. The van der Waals surface area contributed by atoms with E-state index in [0.717, 1.165) is 13.0 Å². The molecular formula is C9H16ClN3S. The third kappa shape index (κ3) is 4.33. The molecule has 0 aliphatic rings. The van der Waals surface area contributed by atoms with Gasteiger partial charge in [-0.25, -0.2) is 0 Å². The van der Waals surface area contributed by atoms with Crippen molar-refractivity contribution in [1.29, 1.82) is 0 Å². The first-order valence-corrected chi connectivity index (χ1v) is 6.64. The second-order valence-electron chi connectivity index (χ2n) is 3.20. The van der Waals surface area contributed by atoms with Gasteiger partial charge in [-0.1, -0.05) is 12.8 Å². The maximum absolute atomic E-state index is 5.79. The summed E-state index contributed by atoms with van der Waals surface area (Å²) in [5.74, 6) is 1.27. The minimum Gasteiger partial charge on any atom is -0.304 e. The molecule has 80 valence electrons. The number of aryl methyl sites for hydroxylation is 1. The largest absolute Gasteiger partial charge is 0.304 e. The number of aromatic nitrogens is 3. The van der Waals surface area contributed by atoms with Crippen LogP contribution in [0.25, 0.3) is 0 Å². The summed E-state index contributed by atoms with van der Waals surface area (Å²) in [6.07, 6.45) is 8.88. The maximum Gasteiger partial charge on any atom is 0.224 e. The highest BCUT2D eigenvalue weighted by molar-refractivity contribution is 7.98. The Kier molecular flexibility index (Phi) is 6.03. The van der Waals surface area contributed by atoms with Gasteiger partial charge in [-0.3, -0.25) is 0 Å². The number of unbranched alkanes of at least 4 members (excludes halogenated alkanes) is 3. The van der Waals surface area contributed by atoms with Crippen LogP contribution in [-0.2, 0) is 6.54 Å². The maximum atomic E-state index is 5.79. The quantitative estimate of drug-likeness (QED) is 0.679. The Bertz CT molecular complexity index is 252. The summed E-state index contributed by atoms with van der Waals surface area (Å²) in [5.41, 5.74) is 0. The number of rotatable bonds is 7. The lowest BCUT2D eigenvalue weighted by Gasteiger charge is -2.02. The van der Waals surface area contributed by atoms with Crippen molar-refractivity contribution in [2.45, 2.75) is 32.2 Å². The van der Waals surface area contributed by atoms with Gasteiger partial charge in [0.15, 0.2) is 0 Å². The molecule has 0 aliphatic carbocycles. The van der Waals surface area contributed by atoms with Gasteiger partial charge in [-0.15, -0.1) is 10.2 Å². The van der Waals surface area contributed by atoms with Crippen molar-refractivity contribution in [2.24, 2.45) is 0 Å². The minimum absolute atomic E-state index is 0.495. The molecule has 1 heterocycles. The van der Waals surface area contributed by atoms with Crippen LogP contribution in [0.2, 0.25) is 5.28 Å². The second kappa shape index (κ2) is 7.12. The summed E-state index contributed by atoms with van der Waals surface area (Å²) < 4.78 is 1.89. The number of hydrogen-bond donors (Lipinski definition) is 0.